The first kappa shape index (κ1) is 11.6. The Labute approximate surface area is 97.7 Å². The molecule has 1 heterocycles. The van der Waals surface area contributed by atoms with Crippen LogP contribution in [0.15, 0.2) is 18.2 Å². The number of hydrogen-bond acceptors (Lipinski definition) is 3. The summed E-state index contributed by atoms with van der Waals surface area (Å²) >= 11 is 0. The minimum Gasteiger partial charge on any atom is -0.478 e. The summed E-state index contributed by atoms with van der Waals surface area (Å²) in [7, 11) is 0. The SMILES string of the molecule is O=C1CCN(c2cc(F)cc(C(=O)O)c2)CC1. The molecule has 1 fully saturated rings. The topological polar surface area (TPSA) is 57.6 Å². The van der Waals surface area contributed by atoms with E-state index in [9.17, 15) is 14.0 Å². The van der Waals surface area contributed by atoms with E-state index in [-0.39, 0.29) is 11.3 Å². The summed E-state index contributed by atoms with van der Waals surface area (Å²) in [5.74, 6) is -1.54. The monoisotopic (exact) mass is 237 g/mol. The minimum atomic E-state index is -1.15. The van der Waals surface area contributed by atoms with Gasteiger partial charge in [0.15, 0.2) is 0 Å². The lowest BCUT2D eigenvalue weighted by molar-refractivity contribution is -0.119. The van der Waals surface area contributed by atoms with E-state index in [0.29, 0.717) is 31.6 Å². The van der Waals surface area contributed by atoms with Crippen LogP contribution in [-0.2, 0) is 4.79 Å². The normalized spacial score (nSPS) is 16.1. The van der Waals surface area contributed by atoms with E-state index < -0.39 is 11.8 Å². The predicted molar refractivity (Wildman–Crippen MR) is 59.8 cm³/mol. The quantitative estimate of drug-likeness (QED) is 0.850. The molecule has 0 radical (unpaired) electrons. The van der Waals surface area contributed by atoms with Gasteiger partial charge in [-0.1, -0.05) is 0 Å². The van der Waals surface area contributed by atoms with E-state index in [1.54, 1.807) is 0 Å². The van der Waals surface area contributed by atoms with Gasteiger partial charge in [0.2, 0.25) is 0 Å². The van der Waals surface area contributed by atoms with Crippen LogP contribution in [0.3, 0.4) is 0 Å². The number of hydrogen-bond donors (Lipinski definition) is 1. The zero-order chi connectivity index (χ0) is 12.4. The number of benzene rings is 1. The number of carboxylic acid groups (broad SMARTS) is 1. The van der Waals surface area contributed by atoms with Crippen LogP contribution in [0.2, 0.25) is 0 Å². The summed E-state index contributed by atoms with van der Waals surface area (Å²) < 4.78 is 13.3. The van der Waals surface area contributed by atoms with Gasteiger partial charge < -0.3 is 10.0 Å². The third-order valence-corrected chi connectivity index (χ3v) is 2.82. The molecule has 1 aromatic carbocycles. The molecule has 1 N–H and O–H groups in total. The van der Waals surface area contributed by atoms with Crippen molar-refractivity contribution in [2.45, 2.75) is 12.8 Å². The second-order valence-electron chi connectivity index (χ2n) is 4.03. The molecule has 0 aliphatic carbocycles. The number of Topliss-reactive ketones (excluding diaryl/α,β-unsaturated/α-hetero) is 1. The van der Waals surface area contributed by atoms with Gasteiger partial charge in [-0.3, -0.25) is 4.79 Å². The molecule has 1 aliphatic heterocycles. The molecule has 90 valence electrons. The van der Waals surface area contributed by atoms with E-state index in [0.717, 1.165) is 6.07 Å². The Bertz CT molecular complexity index is 463. The lowest BCUT2D eigenvalue weighted by Gasteiger charge is -2.28. The molecular weight excluding hydrogens is 225 g/mol. The number of rotatable bonds is 2. The molecule has 0 bridgehead atoms. The van der Waals surface area contributed by atoms with Gasteiger partial charge in [0.1, 0.15) is 11.6 Å². The molecule has 0 unspecified atom stereocenters. The Hall–Kier alpha value is -1.91. The predicted octanol–water partition coefficient (Wildman–Crippen LogP) is 1.69. The first-order chi connectivity index (χ1) is 8.06. The number of carbonyl (C=O) groups excluding carboxylic acids is 1. The van der Waals surface area contributed by atoms with Crippen molar-refractivity contribution >= 4 is 17.4 Å². The second kappa shape index (κ2) is 4.53. The average Bonchev–Trinajstić information content (AvgIpc) is 2.29. The molecule has 5 heteroatoms. The van der Waals surface area contributed by atoms with Crippen molar-refractivity contribution in [2.24, 2.45) is 0 Å². The van der Waals surface area contributed by atoms with E-state index in [4.69, 9.17) is 5.11 Å². The second-order valence-corrected chi connectivity index (χ2v) is 4.03. The minimum absolute atomic E-state index is 0.0723. The summed E-state index contributed by atoms with van der Waals surface area (Å²) in [4.78, 5) is 23.7. The summed E-state index contributed by atoms with van der Waals surface area (Å²) in [6, 6.07) is 3.71. The number of nitrogens with zero attached hydrogens (tertiary/aromatic N) is 1. The van der Waals surface area contributed by atoms with Gasteiger partial charge in [-0.15, -0.1) is 0 Å². The Balaban J connectivity index is 2.26. The lowest BCUT2D eigenvalue weighted by Crippen LogP contribution is -2.33. The summed E-state index contributed by atoms with van der Waals surface area (Å²) in [5, 5.41) is 8.83. The summed E-state index contributed by atoms with van der Waals surface area (Å²) in [5.41, 5.74) is 0.451. The Kier molecular flexibility index (Phi) is 3.08. The number of carbonyl (C=O) groups is 2. The first-order valence-electron chi connectivity index (χ1n) is 5.37. The van der Waals surface area contributed by atoms with Crippen LogP contribution in [0.5, 0.6) is 0 Å². The fourth-order valence-electron chi connectivity index (χ4n) is 1.89. The molecular formula is C12H12FNO3. The number of piperidine rings is 1. The van der Waals surface area contributed by atoms with Crippen molar-refractivity contribution in [3.63, 3.8) is 0 Å². The van der Waals surface area contributed by atoms with Crippen molar-refractivity contribution in [1.82, 2.24) is 0 Å². The van der Waals surface area contributed by atoms with Crippen molar-refractivity contribution in [3.05, 3.63) is 29.6 Å². The molecule has 0 saturated carbocycles. The average molecular weight is 237 g/mol. The van der Waals surface area contributed by atoms with Gasteiger partial charge in [-0.2, -0.15) is 0 Å². The van der Waals surface area contributed by atoms with Crippen molar-refractivity contribution in [2.75, 3.05) is 18.0 Å². The number of halogens is 1. The molecule has 1 aromatic rings. The Morgan fingerprint density at radius 2 is 1.88 bits per heavy atom. The third-order valence-electron chi connectivity index (χ3n) is 2.82. The number of ketones is 1. The maximum absolute atomic E-state index is 13.3. The molecule has 0 amide bonds. The molecule has 0 atom stereocenters. The number of anilines is 1. The van der Waals surface area contributed by atoms with Gasteiger partial charge in [-0.25, -0.2) is 9.18 Å². The fraction of sp³-hybridized carbons (Fsp3) is 0.333. The molecule has 17 heavy (non-hydrogen) atoms. The van der Waals surface area contributed by atoms with E-state index in [1.165, 1.54) is 12.1 Å². The molecule has 1 aliphatic rings. The van der Waals surface area contributed by atoms with Crippen LogP contribution in [-0.4, -0.2) is 29.9 Å². The Morgan fingerprint density at radius 3 is 2.47 bits per heavy atom. The van der Waals surface area contributed by atoms with Crippen LogP contribution < -0.4 is 4.90 Å². The van der Waals surface area contributed by atoms with Crippen molar-refractivity contribution < 1.29 is 19.1 Å². The van der Waals surface area contributed by atoms with Gasteiger partial charge in [0, 0.05) is 31.6 Å². The van der Waals surface area contributed by atoms with Gasteiger partial charge in [0.25, 0.3) is 0 Å². The fourth-order valence-corrected chi connectivity index (χ4v) is 1.89. The lowest BCUT2D eigenvalue weighted by atomic mass is 10.1. The largest absolute Gasteiger partial charge is 0.478 e. The highest BCUT2D eigenvalue weighted by Gasteiger charge is 2.18. The van der Waals surface area contributed by atoms with Crippen LogP contribution in [0.1, 0.15) is 23.2 Å². The highest BCUT2D eigenvalue weighted by molar-refractivity contribution is 5.89. The molecule has 1 saturated heterocycles. The first-order valence-corrected chi connectivity index (χ1v) is 5.37. The van der Waals surface area contributed by atoms with Crippen molar-refractivity contribution in [1.29, 1.82) is 0 Å². The maximum atomic E-state index is 13.3. The van der Waals surface area contributed by atoms with Gasteiger partial charge >= 0.3 is 5.97 Å². The zero-order valence-electron chi connectivity index (χ0n) is 9.15. The Morgan fingerprint density at radius 1 is 1.24 bits per heavy atom. The third kappa shape index (κ3) is 2.61. The van der Waals surface area contributed by atoms with Crippen LogP contribution in [0.4, 0.5) is 10.1 Å². The number of carboxylic acids is 1. The molecule has 0 aromatic heterocycles. The smallest absolute Gasteiger partial charge is 0.335 e. The van der Waals surface area contributed by atoms with E-state index >= 15 is 0 Å². The van der Waals surface area contributed by atoms with Crippen LogP contribution >= 0.6 is 0 Å². The summed E-state index contributed by atoms with van der Waals surface area (Å²) in [6.45, 7) is 1.03. The highest BCUT2D eigenvalue weighted by Crippen LogP contribution is 2.21. The van der Waals surface area contributed by atoms with Gasteiger partial charge in [0.05, 0.1) is 5.56 Å². The number of aromatic carboxylic acids is 1. The van der Waals surface area contributed by atoms with Crippen LogP contribution in [0.25, 0.3) is 0 Å². The molecule has 0 spiro atoms. The van der Waals surface area contributed by atoms with E-state index in [1.807, 2.05) is 4.90 Å². The maximum Gasteiger partial charge on any atom is 0.335 e. The summed E-state index contributed by atoms with van der Waals surface area (Å²) in [6.07, 6.45) is 0.859. The highest BCUT2D eigenvalue weighted by atomic mass is 19.1. The van der Waals surface area contributed by atoms with Crippen LogP contribution in [0, 0.1) is 5.82 Å². The van der Waals surface area contributed by atoms with E-state index in [2.05, 4.69) is 0 Å². The molecule has 2 rings (SSSR count). The zero-order valence-corrected chi connectivity index (χ0v) is 9.15. The molecule has 4 nitrogen and oxygen atoms in total. The van der Waals surface area contributed by atoms with Gasteiger partial charge in [-0.05, 0) is 18.2 Å². The van der Waals surface area contributed by atoms with Crippen molar-refractivity contribution in [3.8, 4) is 0 Å². The standard InChI is InChI=1S/C12H12FNO3/c13-9-5-8(12(16)17)6-10(7-9)14-3-1-11(15)2-4-14/h5-7H,1-4H2,(H,16,17).